The number of anilines is 3. The molecule has 0 aliphatic carbocycles. The van der Waals surface area contributed by atoms with Crippen LogP contribution in [-0.4, -0.2) is 4.57 Å². The smallest absolute Gasteiger partial charge is 0.0547 e. The van der Waals surface area contributed by atoms with Gasteiger partial charge in [0.25, 0.3) is 0 Å². The molecule has 0 aliphatic rings. The highest BCUT2D eigenvalue weighted by atomic mass is 15.1. The fourth-order valence-corrected chi connectivity index (χ4v) is 11.5. The molecule has 0 bridgehead atoms. The van der Waals surface area contributed by atoms with Crippen LogP contribution in [-0.2, 0) is 0 Å². The fraction of sp³-hybridized carbons (Fsp3) is 0. The lowest BCUT2D eigenvalue weighted by atomic mass is 9.84. The molecule has 1 heterocycles. The van der Waals surface area contributed by atoms with Crippen LogP contribution in [0.1, 0.15) is 0 Å². The zero-order valence-electron chi connectivity index (χ0n) is 40.6. The molecule has 74 heavy (non-hydrogen) atoms. The number of hydrogen-bond donors (Lipinski definition) is 0. The van der Waals surface area contributed by atoms with Crippen LogP contribution in [0.5, 0.6) is 0 Å². The Bertz CT molecular complexity index is 4380. The highest BCUT2D eigenvalue weighted by molar-refractivity contribution is 6.22. The number of hydrogen-bond acceptors (Lipinski definition) is 1. The summed E-state index contributed by atoms with van der Waals surface area (Å²) < 4.78 is 2.39. The molecule has 0 aliphatic heterocycles. The summed E-state index contributed by atoms with van der Waals surface area (Å²) in [6.07, 6.45) is 0. The van der Waals surface area contributed by atoms with Gasteiger partial charge in [0.05, 0.1) is 11.0 Å². The second kappa shape index (κ2) is 18.1. The van der Waals surface area contributed by atoms with E-state index in [1.54, 1.807) is 0 Å². The van der Waals surface area contributed by atoms with Gasteiger partial charge < -0.3 is 9.47 Å². The minimum absolute atomic E-state index is 1.08. The molecule has 14 rings (SSSR count). The number of para-hydroxylation sites is 2. The third kappa shape index (κ3) is 7.43. The average molecular weight is 941 g/mol. The minimum Gasteiger partial charge on any atom is -0.310 e. The topological polar surface area (TPSA) is 8.17 Å². The monoisotopic (exact) mass is 940 g/mol. The standard InChI is InChI=1S/C72H48N2/c1-4-19-52(20-5-1)70-65-29-13-12-28-63(65)64-45-40-57(48-67(64)71(70)53-21-6-2-7-22-53)55-24-16-27-61(47-55)73(59-41-36-50(37-42-59)56-35-34-49-18-10-11-23-54(49)46-56)60-43-38-51(39-44-60)62-31-17-33-69-72(62)66-30-14-15-32-68(66)74(69)58-25-8-3-9-26-58/h1-48H. The van der Waals surface area contributed by atoms with Gasteiger partial charge in [-0.25, -0.2) is 0 Å². The quantitative estimate of drug-likeness (QED) is 0.131. The zero-order chi connectivity index (χ0) is 49.0. The summed E-state index contributed by atoms with van der Waals surface area (Å²) in [5.41, 5.74) is 18.8. The summed E-state index contributed by atoms with van der Waals surface area (Å²) in [6.45, 7) is 0. The molecule has 0 saturated heterocycles. The molecular weight excluding hydrogens is 893 g/mol. The fourth-order valence-electron chi connectivity index (χ4n) is 11.5. The first-order valence-corrected chi connectivity index (χ1v) is 25.5. The van der Waals surface area contributed by atoms with Gasteiger partial charge in [0.2, 0.25) is 0 Å². The van der Waals surface area contributed by atoms with Crippen LogP contribution >= 0.6 is 0 Å². The molecule has 13 aromatic carbocycles. The van der Waals surface area contributed by atoms with E-state index in [4.69, 9.17) is 0 Å². The Hall–Kier alpha value is -9.76. The van der Waals surface area contributed by atoms with Crippen molar-refractivity contribution in [2.24, 2.45) is 0 Å². The van der Waals surface area contributed by atoms with Gasteiger partial charge in [-0.2, -0.15) is 0 Å². The third-order valence-corrected chi connectivity index (χ3v) is 14.9. The van der Waals surface area contributed by atoms with Gasteiger partial charge in [0, 0.05) is 33.5 Å². The summed E-state index contributed by atoms with van der Waals surface area (Å²) in [5.74, 6) is 0. The molecule has 0 N–H and O–H groups in total. The lowest BCUT2D eigenvalue weighted by Gasteiger charge is -2.26. The van der Waals surface area contributed by atoms with E-state index in [0.29, 0.717) is 0 Å². The predicted octanol–water partition coefficient (Wildman–Crippen LogP) is 20.0. The van der Waals surface area contributed by atoms with Crippen molar-refractivity contribution >= 4 is 71.2 Å². The average Bonchev–Trinajstić information content (AvgIpc) is 3.83. The maximum atomic E-state index is 2.42. The van der Waals surface area contributed by atoms with Crippen molar-refractivity contribution in [1.82, 2.24) is 4.57 Å². The summed E-state index contributed by atoms with van der Waals surface area (Å²) >= 11 is 0. The summed E-state index contributed by atoms with van der Waals surface area (Å²) in [6, 6.07) is 106. The van der Waals surface area contributed by atoms with Crippen molar-refractivity contribution < 1.29 is 0 Å². The predicted molar refractivity (Wildman–Crippen MR) is 315 cm³/mol. The van der Waals surface area contributed by atoms with Crippen molar-refractivity contribution in [3.8, 4) is 61.3 Å². The first-order valence-electron chi connectivity index (χ1n) is 25.5. The molecule has 2 heteroatoms. The number of benzene rings is 13. The van der Waals surface area contributed by atoms with Crippen LogP contribution in [0, 0.1) is 0 Å². The maximum absolute atomic E-state index is 2.42. The Morgan fingerprint density at radius 2 is 0.743 bits per heavy atom. The largest absolute Gasteiger partial charge is 0.310 e. The van der Waals surface area contributed by atoms with Crippen LogP contribution in [0.2, 0.25) is 0 Å². The summed E-state index contributed by atoms with van der Waals surface area (Å²) in [4.78, 5) is 2.40. The lowest BCUT2D eigenvalue weighted by Crippen LogP contribution is -2.10. The van der Waals surface area contributed by atoms with Crippen LogP contribution in [0.4, 0.5) is 17.1 Å². The molecule has 0 atom stereocenters. The van der Waals surface area contributed by atoms with Crippen LogP contribution < -0.4 is 4.90 Å². The van der Waals surface area contributed by atoms with Crippen molar-refractivity contribution in [3.63, 3.8) is 0 Å². The molecule has 0 spiro atoms. The summed E-state index contributed by atoms with van der Waals surface area (Å²) in [7, 11) is 0. The first-order chi connectivity index (χ1) is 36.7. The van der Waals surface area contributed by atoms with Gasteiger partial charge in [-0.15, -0.1) is 0 Å². The zero-order valence-corrected chi connectivity index (χ0v) is 40.6. The van der Waals surface area contributed by atoms with Crippen LogP contribution in [0.15, 0.2) is 291 Å². The van der Waals surface area contributed by atoms with E-state index >= 15 is 0 Å². The van der Waals surface area contributed by atoms with Gasteiger partial charge in [-0.05, 0) is 161 Å². The maximum Gasteiger partial charge on any atom is 0.0547 e. The van der Waals surface area contributed by atoms with Gasteiger partial charge >= 0.3 is 0 Å². The van der Waals surface area contributed by atoms with Crippen molar-refractivity contribution in [2.75, 3.05) is 4.90 Å². The molecule has 0 unspecified atom stereocenters. The normalized spacial score (nSPS) is 11.5. The SMILES string of the molecule is c1ccc(-c2c(-c3ccccc3)c3cc(-c4cccc(N(c5ccc(-c6ccc7ccccc7c6)cc5)c5ccc(-c6cccc7c6c6ccccc6n7-c6ccccc6)cc5)c4)ccc3c3ccccc23)cc1. The molecule has 346 valence electrons. The van der Waals surface area contributed by atoms with E-state index in [1.165, 1.54) is 98.6 Å². The molecule has 14 aromatic rings. The number of aromatic nitrogens is 1. The van der Waals surface area contributed by atoms with Crippen molar-refractivity contribution in [2.45, 2.75) is 0 Å². The van der Waals surface area contributed by atoms with E-state index in [0.717, 1.165) is 33.9 Å². The first kappa shape index (κ1) is 43.1. The second-order valence-electron chi connectivity index (χ2n) is 19.2. The van der Waals surface area contributed by atoms with Crippen LogP contribution in [0.3, 0.4) is 0 Å². The Balaban J connectivity index is 0.916. The molecule has 0 amide bonds. The number of nitrogens with zero attached hydrogens (tertiary/aromatic N) is 2. The van der Waals surface area contributed by atoms with E-state index in [9.17, 15) is 0 Å². The van der Waals surface area contributed by atoms with Crippen molar-refractivity contribution in [3.05, 3.63) is 291 Å². The molecule has 0 radical (unpaired) electrons. The van der Waals surface area contributed by atoms with E-state index in [-0.39, 0.29) is 0 Å². The van der Waals surface area contributed by atoms with Gasteiger partial charge in [0.1, 0.15) is 0 Å². The van der Waals surface area contributed by atoms with E-state index in [2.05, 4.69) is 301 Å². The highest BCUT2D eigenvalue weighted by Gasteiger charge is 2.21. The van der Waals surface area contributed by atoms with Gasteiger partial charge in [-0.1, -0.05) is 218 Å². The number of fused-ring (bicyclic) bond motifs is 7. The molecule has 0 saturated carbocycles. The number of rotatable bonds is 9. The Morgan fingerprint density at radius 3 is 1.47 bits per heavy atom. The Morgan fingerprint density at radius 1 is 0.243 bits per heavy atom. The van der Waals surface area contributed by atoms with Crippen molar-refractivity contribution in [1.29, 1.82) is 0 Å². The third-order valence-electron chi connectivity index (χ3n) is 14.9. The summed E-state index contributed by atoms with van der Waals surface area (Å²) in [5, 5.41) is 9.95. The van der Waals surface area contributed by atoms with E-state index < -0.39 is 0 Å². The van der Waals surface area contributed by atoms with Gasteiger partial charge in [0.15, 0.2) is 0 Å². The highest BCUT2D eigenvalue weighted by Crippen LogP contribution is 2.47. The molecule has 0 fully saturated rings. The minimum atomic E-state index is 1.08. The molecule has 1 aromatic heterocycles. The Labute approximate surface area is 430 Å². The van der Waals surface area contributed by atoms with E-state index in [1.807, 2.05) is 0 Å². The van der Waals surface area contributed by atoms with Crippen LogP contribution in [0.25, 0.3) is 115 Å². The molecule has 2 nitrogen and oxygen atoms in total. The second-order valence-corrected chi connectivity index (χ2v) is 19.2. The Kier molecular flexibility index (Phi) is 10.6. The van der Waals surface area contributed by atoms with Gasteiger partial charge in [-0.3, -0.25) is 0 Å². The lowest BCUT2D eigenvalue weighted by molar-refractivity contribution is 1.18. The molecular formula is C72H48N2.